The van der Waals surface area contributed by atoms with Crippen molar-refractivity contribution in [3.63, 3.8) is 0 Å². The maximum absolute atomic E-state index is 11.7. The Morgan fingerprint density at radius 3 is 2.56 bits per heavy atom. The number of pyridine rings is 1. The van der Waals surface area contributed by atoms with Gasteiger partial charge in [0.15, 0.2) is 5.69 Å². The molecule has 1 aromatic carbocycles. The van der Waals surface area contributed by atoms with E-state index in [0.29, 0.717) is 18.2 Å². The molecule has 140 valence electrons. The maximum atomic E-state index is 11.7. The summed E-state index contributed by atoms with van der Waals surface area (Å²) in [5.41, 5.74) is 4.33. The zero-order valence-electron chi connectivity index (χ0n) is 15.6. The number of likely N-dealkylation sites (tertiary alicyclic amines) is 1. The largest absolute Gasteiger partial charge is 0.476 e. The number of benzene rings is 1. The Balaban J connectivity index is 1.47. The van der Waals surface area contributed by atoms with E-state index in [9.17, 15) is 9.90 Å². The van der Waals surface area contributed by atoms with Crippen LogP contribution in [0.4, 0.5) is 5.69 Å². The summed E-state index contributed by atoms with van der Waals surface area (Å²) in [4.78, 5) is 14.1. The third kappa shape index (κ3) is 3.69. The molecule has 0 bridgehead atoms. The highest BCUT2D eigenvalue weighted by atomic mass is 16.4. The summed E-state index contributed by atoms with van der Waals surface area (Å²) < 4.78 is 1.70. The number of piperidine rings is 1. The lowest BCUT2D eigenvalue weighted by molar-refractivity contribution is 0.0690. The summed E-state index contributed by atoms with van der Waals surface area (Å²) in [6.07, 6.45) is 4.21. The summed E-state index contributed by atoms with van der Waals surface area (Å²) in [5, 5.41) is 12.9. The summed E-state index contributed by atoms with van der Waals surface area (Å²) in [5.74, 6) is -0.283. The highest BCUT2D eigenvalue weighted by molar-refractivity contribution is 5.93. The van der Waals surface area contributed by atoms with Crippen molar-refractivity contribution in [3.05, 3.63) is 71.5 Å². The van der Waals surface area contributed by atoms with E-state index in [1.165, 1.54) is 18.4 Å². The lowest BCUT2D eigenvalue weighted by Crippen LogP contribution is -2.29. The van der Waals surface area contributed by atoms with E-state index in [1.807, 2.05) is 24.3 Å². The van der Waals surface area contributed by atoms with Gasteiger partial charge in [-0.25, -0.2) is 4.79 Å². The molecule has 0 radical (unpaired) electrons. The van der Waals surface area contributed by atoms with Crippen molar-refractivity contribution in [3.8, 4) is 0 Å². The molecule has 0 saturated carbocycles. The second-order valence-corrected chi connectivity index (χ2v) is 7.38. The molecule has 1 fully saturated rings. The fourth-order valence-corrected chi connectivity index (χ4v) is 3.92. The molecular weight excluding hydrogens is 338 g/mol. The van der Waals surface area contributed by atoms with Crippen molar-refractivity contribution in [2.75, 3.05) is 25.5 Å². The van der Waals surface area contributed by atoms with Crippen LogP contribution in [0.1, 0.15) is 40.4 Å². The lowest BCUT2D eigenvalue weighted by atomic mass is 9.89. The SMILES string of the molecule is CN1CCC(c2ccc(CNc3ccc4cccn4c3C(=O)O)cc2)CC1. The molecule has 0 spiro atoms. The molecule has 1 aliphatic rings. The molecule has 0 amide bonds. The fourth-order valence-electron chi connectivity index (χ4n) is 3.92. The number of aromatic carboxylic acids is 1. The molecule has 3 aromatic rings. The first-order valence-corrected chi connectivity index (χ1v) is 9.46. The first-order chi connectivity index (χ1) is 13.1. The molecule has 5 heteroatoms. The van der Waals surface area contributed by atoms with E-state index in [2.05, 4.69) is 41.5 Å². The van der Waals surface area contributed by atoms with Gasteiger partial charge < -0.3 is 19.7 Å². The van der Waals surface area contributed by atoms with Crippen LogP contribution in [0.15, 0.2) is 54.7 Å². The van der Waals surface area contributed by atoms with Crippen molar-refractivity contribution < 1.29 is 9.90 Å². The maximum Gasteiger partial charge on any atom is 0.355 e. The van der Waals surface area contributed by atoms with Crippen LogP contribution in [-0.2, 0) is 6.54 Å². The first-order valence-electron chi connectivity index (χ1n) is 9.46. The number of carbonyl (C=O) groups is 1. The molecule has 2 N–H and O–H groups in total. The van der Waals surface area contributed by atoms with Crippen molar-refractivity contribution in [2.45, 2.75) is 25.3 Å². The Hall–Kier alpha value is -2.79. The summed E-state index contributed by atoms with van der Waals surface area (Å²) in [7, 11) is 2.18. The van der Waals surface area contributed by atoms with Crippen molar-refractivity contribution >= 4 is 17.2 Å². The van der Waals surface area contributed by atoms with Gasteiger partial charge in [-0.1, -0.05) is 24.3 Å². The number of aromatic nitrogens is 1. The molecule has 4 rings (SSSR count). The highest BCUT2D eigenvalue weighted by Crippen LogP contribution is 2.28. The van der Waals surface area contributed by atoms with Crippen LogP contribution in [0.3, 0.4) is 0 Å². The van der Waals surface area contributed by atoms with Gasteiger partial charge in [-0.2, -0.15) is 0 Å². The number of nitrogens with zero attached hydrogens (tertiary/aromatic N) is 2. The Morgan fingerprint density at radius 1 is 1.11 bits per heavy atom. The first kappa shape index (κ1) is 17.6. The number of hydrogen-bond acceptors (Lipinski definition) is 3. The Bertz CT molecular complexity index is 938. The van der Waals surface area contributed by atoms with Gasteiger partial charge >= 0.3 is 5.97 Å². The zero-order chi connectivity index (χ0) is 18.8. The minimum Gasteiger partial charge on any atom is -0.476 e. The number of rotatable bonds is 5. The van der Waals surface area contributed by atoms with Crippen LogP contribution in [0.25, 0.3) is 5.52 Å². The van der Waals surface area contributed by atoms with Crippen molar-refractivity contribution in [2.24, 2.45) is 0 Å². The van der Waals surface area contributed by atoms with Gasteiger partial charge in [0.25, 0.3) is 0 Å². The van der Waals surface area contributed by atoms with Gasteiger partial charge in [0.2, 0.25) is 0 Å². The molecule has 0 atom stereocenters. The van der Waals surface area contributed by atoms with Crippen LogP contribution < -0.4 is 5.32 Å². The second-order valence-electron chi connectivity index (χ2n) is 7.38. The molecule has 5 nitrogen and oxygen atoms in total. The molecule has 1 saturated heterocycles. The van der Waals surface area contributed by atoms with E-state index < -0.39 is 5.97 Å². The van der Waals surface area contributed by atoms with Crippen LogP contribution >= 0.6 is 0 Å². The number of hydrogen-bond donors (Lipinski definition) is 2. The van der Waals surface area contributed by atoms with E-state index in [4.69, 9.17) is 0 Å². The van der Waals surface area contributed by atoms with E-state index in [0.717, 1.165) is 24.2 Å². The van der Waals surface area contributed by atoms with Gasteiger partial charge in [0, 0.05) is 18.3 Å². The summed E-state index contributed by atoms with van der Waals surface area (Å²) in [6, 6.07) is 16.3. The Morgan fingerprint density at radius 2 is 1.85 bits per heavy atom. The van der Waals surface area contributed by atoms with Crippen LogP contribution in [-0.4, -0.2) is 40.5 Å². The molecule has 0 aliphatic carbocycles. The number of carboxylic acid groups (broad SMARTS) is 1. The number of anilines is 1. The number of carboxylic acids is 1. The van der Waals surface area contributed by atoms with Gasteiger partial charge in [0.1, 0.15) is 0 Å². The molecule has 1 aliphatic heterocycles. The Labute approximate surface area is 159 Å². The standard InChI is InChI=1S/C22H25N3O2/c1-24-13-10-18(11-14-24)17-6-4-16(5-7-17)15-23-20-9-8-19-3-2-12-25(19)21(20)22(26)27/h2-9,12,18,23H,10-11,13-15H2,1H3,(H,26,27). The van der Waals surface area contributed by atoms with Crippen molar-refractivity contribution in [1.29, 1.82) is 0 Å². The Kier molecular flexibility index (Phi) is 4.86. The molecule has 2 aromatic heterocycles. The van der Waals surface area contributed by atoms with Gasteiger partial charge in [-0.15, -0.1) is 0 Å². The summed E-state index contributed by atoms with van der Waals surface area (Å²) in [6.45, 7) is 2.92. The fraction of sp³-hybridized carbons (Fsp3) is 0.318. The van der Waals surface area contributed by atoms with E-state index >= 15 is 0 Å². The number of nitrogens with one attached hydrogen (secondary N) is 1. The van der Waals surface area contributed by atoms with Crippen LogP contribution in [0.5, 0.6) is 0 Å². The third-order valence-corrected chi connectivity index (χ3v) is 5.55. The van der Waals surface area contributed by atoms with E-state index in [-0.39, 0.29) is 5.69 Å². The average molecular weight is 363 g/mol. The predicted octanol–water partition coefficient (Wildman–Crippen LogP) is 4.06. The van der Waals surface area contributed by atoms with Gasteiger partial charge in [0.05, 0.1) is 5.69 Å². The van der Waals surface area contributed by atoms with E-state index in [1.54, 1.807) is 10.6 Å². The van der Waals surface area contributed by atoms with Crippen LogP contribution in [0.2, 0.25) is 0 Å². The van der Waals surface area contributed by atoms with Crippen LogP contribution in [0, 0.1) is 0 Å². The third-order valence-electron chi connectivity index (χ3n) is 5.55. The van der Waals surface area contributed by atoms with Gasteiger partial charge in [-0.3, -0.25) is 0 Å². The molecule has 27 heavy (non-hydrogen) atoms. The van der Waals surface area contributed by atoms with Crippen molar-refractivity contribution in [1.82, 2.24) is 9.30 Å². The summed E-state index contributed by atoms with van der Waals surface area (Å²) >= 11 is 0. The smallest absolute Gasteiger partial charge is 0.355 e. The lowest BCUT2D eigenvalue weighted by Gasteiger charge is -2.29. The quantitative estimate of drug-likeness (QED) is 0.718. The number of fused-ring (bicyclic) bond motifs is 1. The predicted molar refractivity (Wildman–Crippen MR) is 108 cm³/mol. The normalized spacial score (nSPS) is 15.9. The minimum absolute atomic E-state index is 0.264. The molecular formula is C22H25N3O2. The average Bonchev–Trinajstić information content (AvgIpc) is 3.15. The molecule has 3 heterocycles. The second kappa shape index (κ2) is 7.45. The minimum atomic E-state index is -0.933. The zero-order valence-corrected chi connectivity index (χ0v) is 15.6. The monoisotopic (exact) mass is 363 g/mol. The van der Waals surface area contributed by atoms with Gasteiger partial charge in [-0.05, 0) is 74.3 Å². The molecule has 0 unspecified atom stereocenters. The highest BCUT2D eigenvalue weighted by Gasteiger charge is 2.18. The topological polar surface area (TPSA) is 57.0 Å².